The zero-order chi connectivity index (χ0) is 13.4. The van der Waals surface area contributed by atoms with Gasteiger partial charge in [-0.05, 0) is 30.0 Å². The average molecular weight is 257 g/mol. The summed E-state index contributed by atoms with van der Waals surface area (Å²) < 4.78 is 4.99. The number of carbonyl (C=O) groups is 1. The van der Waals surface area contributed by atoms with Crippen molar-refractivity contribution < 1.29 is 9.32 Å². The van der Waals surface area contributed by atoms with Gasteiger partial charge >= 0.3 is 0 Å². The molecule has 1 heterocycles. The maximum atomic E-state index is 11.2. The van der Waals surface area contributed by atoms with Gasteiger partial charge in [-0.15, -0.1) is 0 Å². The fraction of sp³-hybridized carbons (Fsp3) is 0.357. The number of nitrogens with one attached hydrogen (secondary N) is 1. The van der Waals surface area contributed by atoms with Gasteiger partial charge in [-0.2, -0.15) is 4.98 Å². The van der Waals surface area contributed by atoms with Gasteiger partial charge in [0.1, 0.15) is 0 Å². The molecule has 0 saturated heterocycles. The van der Waals surface area contributed by atoms with Crippen LogP contribution >= 0.6 is 0 Å². The molecule has 2 aromatic rings. The Balaban J connectivity index is 1.92. The van der Waals surface area contributed by atoms with Crippen LogP contribution in [-0.2, 0) is 11.2 Å². The zero-order valence-electron chi connectivity index (χ0n) is 10.9. The van der Waals surface area contributed by atoms with Crippen LogP contribution in [0.3, 0.4) is 0 Å². The van der Waals surface area contributed by atoms with Crippen molar-refractivity contribution in [3.63, 3.8) is 0 Å². The monoisotopic (exact) mass is 257 g/mol. The Morgan fingerprint density at radius 2 is 2.32 bits per heavy atom. The Kier molecular flexibility index (Phi) is 2.81. The summed E-state index contributed by atoms with van der Waals surface area (Å²) in [6, 6.07) is 6.24. The van der Waals surface area contributed by atoms with Gasteiger partial charge in [-0.3, -0.25) is 4.79 Å². The highest BCUT2D eigenvalue weighted by Gasteiger charge is 2.23. The fourth-order valence-electron chi connectivity index (χ4n) is 2.57. The smallest absolute Gasteiger partial charge is 0.223 e. The Labute approximate surface area is 111 Å². The molecule has 1 aromatic carbocycles. The summed E-state index contributed by atoms with van der Waals surface area (Å²) in [5.74, 6) is 1.19. The molecule has 1 amide bonds. The highest BCUT2D eigenvalue weighted by atomic mass is 16.5. The normalized spacial score (nSPS) is 17.3. The van der Waals surface area contributed by atoms with Gasteiger partial charge in [0.15, 0.2) is 0 Å². The van der Waals surface area contributed by atoms with E-state index in [9.17, 15) is 4.79 Å². The molecule has 98 valence electrons. The SMILES string of the molecule is CC(=O)NC1CCc2cc(-c3noc(C)n3)ccc21. The molecule has 0 spiro atoms. The lowest BCUT2D eigenvalue weighted by molar-refractivity contribution is -0.119. The fourth-order valence-corrected chi connectivity index (χ4v) is 2.57. The van der Waals surface area contributed by atoms with E-state index in [-0.39, 0.29) is 11.9 Å². The number of aryl methyl sites for hydroxylation is 2. The number of fused-ring (bicyclic) bond motifs is 1. The van der Waals surface area contributed by atoms with Crippen molar-refractivity contribution in [3.8, 4) is 11.4 Å². The van der Waals surface area contributed by atoms with Crippen LogP contribution in [0.25, 0.3) is 11.4 Å². The Morgan fingerprint density at radius 1 is 1.47 bits per heavy atom. The van der Waals surface area contributed by atoms with Gasteiger partial charge in [0.05, 0.1) is 6.04 Å². The summed E-state index contributed by atoms with van der Waals surface area (Å²) in [4.78, 5) is 15.4. The maximum Gasteiger partial charge on any atom is 0.223 e. The predicted octanol–water partition coefficient (Wildman–Crippen LogP) is 2.17. The molecule has 5 heteroatoms. The minimum atomic E-state index is 0.00993. The van der Waals surface area contributed by atoms with E-state index in [1.807, 2.05) is 12.1 Å². The van der Waals surface area contributed by atoms with Crippen LogP contribution in [0.5, 0.6) is 0 Å². The molecule has 1 unspecified atom stereocenters. The number of benzene rings is 1. The first-order valence-electron chi connectivity index (χ1n) is 6.34. The molecule has 1 aliphatic carbocycles. The van der Waals surface area contributed by atoms with Crippen LogP contribution in [0.15, 0.2) is 22.7 Å². The number of aromatic nitrogens is 2. The largest absolute Gasteiger partial charge is 0.350 e. The lowest BCUT2D eigenvalue weighted by Gasteiger charge is -2.12. The summed E-state index contributed by atoms with van der Waals surface area (Å²) in [6.07, 6.45) is 1.91. The lowest BCUT2D eigenvalue weighted by atomic mass is 10.0. The van der Waals surface area contributed by atoms with Crippen LogP contribution < -0.4 is 5.32 Å². The molecule has 1 N–H and O–H groups in total. The molecule has 0 bridgehead atoms. The molecule has 0 aliphatic heterocycles. The molecule has 19 heavy (non-hydrogen) atoms. The molecular weight excluding hydrogens is 242 g/mol. The number of nitrogens with zero attached hydrogens (tertiary/aromatic N) is 2. The lowest BCUT2D eigenvalue weighted by Crippen LogP contribution is -2.24. The number of hydrogen-bond acceptors (Lipinski definition) is 4. The van der Waals surface area contributed by atoms with Crippen LogP contribution in [-0.4, -0.2) is 16.0 Å². The minimum Gasteiger partial charge on any atom is -0.350 e. The van der Waals surface area contributed by atoms with Gasteiger partial charge in [0.2, 0.25) is 17.6 Å². The summed E-state index contributed by atoms with van der Waals surface area (Å²) in [5.41, 5.74) is 3.40. The topological polar surface area (TPSA) is 68.0 Å². The maximum absolute atomic E-state index is 11.2. The van der Waals surface area contributed by atoms with E-state index in [0.29, 0.717) is 11.7 Å². The third-order valence-corrected chi connectivity index (χ3v) is 3.38. The predicted molar refractivity (Wildman–Crippen MR) is 69.3 cm³/mol. The van der Waals surface area contributed by atoms with Gasteiger partial charge in [-0.25, -0.2) is 0 Å². The van der Waals surface area contributed by atoms with Crippen molar-refractivity contribution in [1.82, 2.24) is 15.5 Å². The second-order valence-electron chi connectivity index (χ2n) is 4.84. The number of amides is 1. The van der Waals surface area contributed by atoms with E-state index in [1.165, 1.54) is 11.1 Å². The Bertz CT molecular complexity index is 633. The van der Waals surface area contributed by atoms with Crippen molar-refractivity contribution in [2.45, 2.75) is 32.7 Å². The molecule has 1 aliphatic rings. The molecule has 0 radical (unpaired) electrons. The molecule has 0 fully saturated rings. The molecule has 1 atom stereocenters. The molecule has 5 nitrogen and oxygen atoms in total. The second-order valence-corrected chi connectivity index (χ2v) is 4.84. The molecule has 0 saturated carbocycles. The van der Waals surface area contributed by atoms with Gasteiger partial charge in [-0.1, -0.05) is 17.3 Å². The van der Waals surface area contributed by atoms with Gasteiger partial charge in [0, 0.05) is 19.4 Å². The van der Waals surface area contributed by atoms with E-state index in [1.54, 1.807) is 13.8 Å². The third kappa shape index (κ3) is 2.23. The first-order valence-corrected chi connectivity index (χ1v) is 6.34. The van der Waals surface area contributed by atoms with Crippen molar-refractivity contribution in [3.05, 3.63) is 35.2 Å². The highest BCUT2D eigenvalue weighted by Crippen LogP contribution is 2.33. The van der Waals surface area contributed by atoms with Crippen molar-refractivity contribution in [2.24, 2.45) is 0 Å². The summed E-state index contributed by atoms with van der Waals surface area (Å²) in [5, 5.41) is 6.90. The summed E-state index contributed by atoms with van der Waals surface area (Å²) in [6.45, 7) is 3.32. The molecule has 1 aromatic heterocycles. The van der Waals surface area contributed by atoms with Crippen molar-refractivity contribution in [2.75, 3.05) is 0 Å². The first kappa shape index (κ1) is 11.9. The van der Waals surface area contributed by atoms with E-state index in [0.717, 1.165) is 18.4 Å². The quantitative estimate of drug-likeness (QED) is 0.895. The van der Waals surface area contributed by atoms with Crippen molar-refractivity contribution in [1.29, 1.82) is 0 Å². The number of hydrogen-bond donors (Lipinski definition) is 1. The summed E-state index contributed by atoms with van der Waals surface area (Å²) >= 11 is 0. The van der Waals surface area contributed by atoms with Crippen LogP contribution in [0, 0.1) is 6.92 Å². The highest BCUT2D eigenvalue weighted by molar-refractivity contribution is 5.73. The van der Waals surface area contributed by atoms with Crippen molar-refractivity contribution >= 4 is 5.91 Å². The summed E-state index contributed by atoms with van der Waals surface area (Å²) in [7, 11) is 0. The average Bonchev–Trinajstić information content (AvgIpc) is 2.95. The van der Waals surface area contributed by atoms with Crippen LogP contribution in [0.4, 0.5) is 0 Å². The standard InChI is InChI=1S/C14H15N3O2/c1-8(18)15-13-6-4-10-7-11(3-5-12(10)13)14-16-9(2)19-17-14/h3,5,7,13H,4,6H2,1-2H3,(H,15,18). The van der Waals surface area contributed by atoms with E-state index >= 15 is 0 Å². The van der Waals surface area contributed by atoms with E-state index in [2.05, 4.69) is 21.5 Å². The van der Waals surface area contributed by atoms with E-state index < -0.39 is 0 Å². The van der Waals surface area contributed by atoms with Crippen LogP contribution in [0.2, 0.25) is 0 Å². The Hall–Kier alpha value is -2.17. The first-order chi connectivity index (χ1) is 9.13. The molecular formula is C14H15N3O2. The molecule has 3 rings (SSSR count). The number of rotatable bonds is 2. The third-order valence-electron chi connectivity index (χ3n) is 3.38. The minimum absolute atomic E-state index is 0.00993. The van der Waals surface area contributed by atoms with Gasteiger partial charge < -0.3 is 9.84 Å². The number of carbonyl (C=O) groups excluding carboxylic acids is 1. The zero-order valence-corrected chi connectivity index (χ0v) is 10.9. The second kappa shape index (κ2) is 4.50. The Morgan fingerprint density at radius 3 is 3.00 bits per heavy atom. The van der Waals surface area contributed by atoms with E-state index in [4.69, 9.17) is 4.52 Å². The van der Waals surface area contributed by atoms with Crippen LogP contribution in [0.1, 0.15) is 36.4 Å². The van der Waals surface area contributed by atoms with Gasteiger partial charge in [0.25, 0.3) is 0 Å².